The van der Waals surface area contributed by atoms with E-state index in [0.717, 1.165) is 12.8 Å². The van der Waals surface area contributed by atoms with Crippen molar-refractivity contribution in [3.05, 3.63) is 12.2 Å². The first kappa shape index (κ1) is 14.0. The molecule has 0 aromatic rings. The zero-order valence-corrected chi connectivity index (χ0v) is 12.4. The Morgan fingerprint density at radius 1 is 1.56 bits per heavy atom. The van der Waals surface area contributed by atoms with E-state index < -0.39 is 0 Å². The summed E-state index contributed by atoms with van der Waals surface area (Å²) < 4.78 is 5.64. The molecule has 2 aliphatic carbocycles. The SMILES string of the molecule is C=C1CC(Br)C2C(CC(=O)NOC)C[C@@H]1C2OC. The minimum absolute atomic E-state index is 0.0600. The van der Waals surface area contributed by atoms with E-state index >= 15 is 0 Å². The van der Waals surface area contributed by atoms with Gasteiger partial charge in [0.05, 0.1) is 13.2 Å². The number of carbonyl (C=O) groups is 1. The number of halogens is 1. The molecule has 4 nitrogen and oxygen atoms in total. The third-order valence-corrected chi connectivity index (χ3v) is 5.15. The fourth-order valence-electron chi connectivity index (χ4n) is 3.53. The van der Waals surface area contributed by atoms with E-state index in [0.29, 0.717) is 29.0 Å². The Balaban J connectivity index is 2.10. The van der Waals surface area contributed by atoms with Crippen LogP contribution in [0.1, 0.15) is 19.3 Å². The predicted molar refractivity (Wildman–Crippen MR) is 72.1 cm³/mol. The molecule has 102 valence electrons. The van der Waals surface area contributed by atoms with Gasteiger partial charge in [-0.2, -0.15) is 0 Å². The molecule has 0 aliphatic heterocycles. The summed E-state index contributed by atoms with van der Waals surface area (Å²) in [5.41, 5.74) is 3.64. The number of fused-ring (bicyclic) bond motifs is 2. The van der Waals surface area contributed by atoms with Gasteiger partial charge in [-0.15, -0.1) is 0 Å². The van der Waals surface area contributed by atoms with Crippen LogP contribution in [0.5, 0.6) is 0 Å². The number of amides is 1. The maximum absolute atomic E-state index is 11.7. The van der Waals surface area contributed by atoms with Gasteiger partial charge in [0, 0.05) is 30.2 Å². The van der Waals surface area contributed by atoms with E-state index in [4.69, 9.17) is 4.74 Å². The summed E-state index contributed by atoms with van der Waals surface area (Å²) in [7, 11) is 3.21. The minimum Gasteiger partial charge on any atom is -0.380 e. The van der Waals surface area contributed by atoms with Crippen molar-refractivity contribution in [1.29, 1.82) is 0 Å². The molecule has 5 atom stereocenters. The summed E-state index contributed by atoms with van der Waals surface area (Å²) in [5.74, 6) is 1.05. The number of hydrogen-bond acceptors (Lipinski definition) is 3. The maximum atomic E-state index is 11.7. The van der Waals surface area contributed by atoms with Crippen LogP contribution in [0.15, 0.2) is 12.2 Å². The van der Waals surface area contributed by atoms with Crippen LogP contribution in [-0.4, -0.2) is 31.1 Å². The Labute approximate surface area is 116 Å². The van der Waals surface area contributed by atoms with E-state index in [1.165, 1.54) is 12.7 Å². The third-order valence-electron chi connectivity index (χ3n) is 4.21. The second kappa shape index (κ2) is 5.72. The van der Waals surface area contributed by atoms with Crippen LogP contribution in [0, 0.1) is 17.8 Å². The normalized spacial score (nSPS) is 38.8. The quantitative estimate of drug-likeness (QED) is 0.490. The molecule has 18 heavy (non-hydrogen) atoms. The summed E-state index contributed by atoms with van der Waals surface area (Å²) in [6.45, 7) is 4.16. The first-order valence-electron chi connectivity index (χ1n) is 6.24. The Kier molecular flexibility index (Phi) is 4.45. The zero-order chi connectivity index (χ0) is 13.3. The molecule has 1 N–H and O–H groups in total. The van der Waals surface area contributed by atoms with Gasteiger partial charge in [-0.3, -0.25) is 9.63 Å². The molecule has 0 aromatic heterocycles. The standard InChI is InChI=1S/C13H20BrNO3/c1-7-4-10(14)12-8(6-11(16)15-18-3)5-9(7)13(12)17-2/h8-10,12-13H,1,4-6H2,2-3H3,(H,15,16)/t8?,9-,10?,12?,13?/m0/s1. The average Bonchev–Trinajstić information content (AvgIpc) is 2.61. The van der Waals surface area contributed by atoms with Crippen LogP contribution in [0.2, 0.25) is 0 Å². The lowest BCUT2D eigenvalue weighted by molar-refractivity contribution is -0.132. The maximum Gasteiger partial charge on any atom is 0.243 e. The van der Waals surface area contributed by atoms with Crippen LogP contribution in [0.4, 0.5) is 0 Å². The molecule has 2 fully saturated rings. The highest BCUT2D eigenvalue weighted by molar-refractivity contribution is 9.09. The molecular weight excluding hydrogens is 298 g/mol. The fraction of sp³-hybridized carbons (Fsp3) is 0.769. The number of nitrogens with one attached hydrogen (secondary N) is 1. The molecule has 0 aromatic carbocycles. The van der Waals surface area contributed by atoms with Gasteiger partial charge in [0.2, 0.25) is 5.91 Å². The van der Waals surface area contributed by atoms with Crippen LogP contribution in [0.3, 0.4) is 0 Å². The van der Waals surface area contributed by atoms with Crippen molar-refractivity contribution in [3.63, 3.8) is 0 Å². The van der Waals surface area contributed by atoms with Gasteiger partial charge in [-0.1, -0.05) is 28.1 Å². The van der Waals surface area contributed by atoms with Gasteiger partial charge < -0.3 is 4.74 Å². The number of rotatable bonds is 4. The molecule has 0 heterocycles. The topological polar surface area (TPSA) is 47.6 Å². The van der Waals surface area contributed by atoms with E-state index in [1.807, 2.05) is 0 Å². The van der Waals surface area contributed by atoms with E-state index in [9.17, 15) is 4.79 Å². The Hall–Kier alpha value is -0.390. The molecule has 0 spiro atoms. The van der Waals surface area contributed by atoms with Crippen molar-refractivity contribution in [2.24, 2.45) is 17.8 Å². The third kappa shape index (κ3) is 2.49. The lowest BCUT2D eigenvalue weighted by Crippen LogP contribution is -2.38. The van der Waals surface area contributed by atoms with Crippen LogP contribution < -0.4 is 5.48 Å². The van der Waals surface area contributed by atoms with Gasteiger partial charge in [-0.05, 0) is 18.8 Å². The highest BCUT2D eigenvalue weighted by Crippen LogP contribution is 2.52. The first-order valence-corrected chi connectivity index (χ1v) is 7.16. The largest absolute Gasteiger partial charge is 0.380 e. The lowest BCUT2D eigenvalue weighted by Gasteiger charge is -2.35. The van der Waals surface area contributed by atoms with E-state index in [2.05, 4.69) is 32.8 Å². The second-order valence-electron chi connectivity index (χ2n) is 5.19. The number of carbonyl (C=O) groups excluding carboxylic acids is 1. The monoisotopic (exact) mass is 317 g/mol. The number of methoxy groups -OCH3 is 1. The Bertz CT molecular complexity index is 347. The molecule has 2 bridgehead atoms. The summed E-state index contributed by atoms with van der Waals surface area (Å²) in [6, 6.07) is 0. The fourth-order valence-corrected chi connectivity index (χ4v) is 4.67. The van der Waals surface area contributed by atoms with Gasteiger partial charge in [-0.25, -0.2) is 5.48 Å². The van der Waals surface area contributed by atoms with Crippen molar-refractivity contribution in [2.75, 3.05) is 14.2 Å². The summed E-state index contributed by atoms with van der Waals surface area (Å²) in [5, 5.41) is 0. The molecule has 0 radical (unpaired) electrons. The number of hydroxylamine groups is 1. The number of alkyl halides is 1. The highest BCUT2D eigenvalue weighted by atomic mass is 79.9. The van der Waals surface area contributed by atoms with Gasteiger partial charge in [0.15, 0.2) is 0 Å². The van der Waals surface area contributed by atoms with Crippen LogP contribution in [-0.2, 0) is 14.4 Å². The zero-order valence-electron chi connectivity index (χ0n) is 10.8. The van der Waals surface area contributed by atoms with E-state index in [1.54, 1.807) is 7.11 Å². The Morgan fingerprint density at radius 2 is 2.28 bits per heavy atom. The highest BCUT2D eigenvalue weighted by Gasteiger charge is 2.51. The lowest BCUT2D eigenvalue weighted by atomic mass is 9.81. The molecule has 5 heteroatoms. The smallest absolute Gasteiger partial charge is 0.243 e. The average molecular weight is 318 g/mol. The molecule has 2 aliphatic rings. The second-order valence-corrected chi connectivity index (χ2v) is 6.37. The van der Waals surface area contributed by atoms with Crippen molar-refractivity contribution < 1.29 is 14.4 Å². The van der Waals surface area contributed by atoms with Gasteiger partial charge in [0.1, 0.15) is 0 Å². The predicted octanol–water partition coefficient (Wildman–Crippen LogP) is 2.04. The van der Waals surface area contributed by atoms with Crippen molar-refractivity contribution in [3.8, 4) is 0 Å². The number of hydrogen-bond donors (Lipinski definition) is 1. The van der Waals surface area contributed by atoms with Crippen molar-refractivity contribution >= 4 is 21.8 Å². The van der Waals surface area contributed by atoms with Crippen LogP contribution >= 0.6 is 15.9 Å². The van der Waals surface area contributed by atoms with Gasteiger partial charge in [0.25, 0.3) is 0 Å². The van der Waals surface area contributed by atoms with E-state index in [-0.39, 0.29) is 12.0 Å². The first-order chi connectivity index (χ1) is 8.58. The number of ether oxygens (including phenoxy) is 1. The summed E-state index contributed by atoms with van der Waals surface area (Å²) >= 11 is 3.73. The molecule has 0 saturated heterocycles. The molecule has 2 saturated carbocycles. The summed E-state index contributed by atoms with van der Waals surface area (Å²) in [6.07, 6.45) is 2.65. The minimum atomic E-state index is -0.0600. The van der Waals surface area contributed by atoms with Gasteiger partial charge >= 0.3 is 0 Å². The van der Waals surface area contributed by atoms with Crippen molar-refractivity contribution in [2.45, 2.75) is 30.2 Å². The van der Waals surface area contributed by atoms with Crippen molar-refractivity contribution in [1.82, 2.24) is 5.48 Å². The molecular formula is C13H20BrNO3. The molecule has 4 unspecified atom stereocenters. The molecule has 2 rings (SSSR count). The molecule has 1 amide bonds. The van der Waals surface area contributed by atoms with Crippen LogP contribution in [0.25, 0.3) is 0 Å². The summed E-state index contributed by atoms with van der Waals surface area (Å²) in [4.78, 5) is 16.7. The Morgan fingerprint density at radius 3 is 2.89 bits per heavy atom.